The standard InChI is InChI=1S/C19H23F2N5O3.HI/c1-23-19(24-10-13-6-7-16(28-13)17(22)27)25-12-8-9-26(11-12)14-4-2-3-5-15(14)29-18(20)21;/h2-7,12,18H,8-11H2,1H3,(H2,22,27)(H2,23,24,25);1H. The fourth-order valence-electron chi connectivity index (χ4n) is 3.18. The molecule has 4 N–H and O–H groups in total. The molecule has 164 valence electrons. The molecule has 1 aliphatic heterocycles. The molecule has 0 aliphatic carbocycles. The number of anilines is 1. The number of nitrogens with one attached hydrogen (secondary N) is 2. The maximum absolute atomic E-state index is 12.6. The van der Waals surface area contributed by atoms with Crippen LogP contribution in [-0.4, -0.2) is 44.7 Å². The predicted octanol–water partition coefficient (Wildman–Crippen LogP) is 2.54. The van der Waals surface area contributed by atoms with E-state index in [1.165, 1.54) is 12.1 Å². The topological polar surface area (TPSA) is 105 Å². The molecule has 8 nitrogen and oxygen atoms in total. The SMILES string of the molecule is CN=C(NCc1ccc(C(N)=O)o1)NC1CCN(c2ccccc2OC(F)F)C1.I. The number of hydrogen-bond acceptors (Lipinski definition) is 5. The Balaban J connectivity index is 0.00000320. The summed E-state index contributed by atoms with van der Waals surface area (Å²) >= 11 is 0. The minimum absolute atomic E-state index is 0. The van der Waals surface area contributed by atoms with Gasteiger partial charge in [-0.05, 0) is 30.7 Å². The first-order valence-electron chi connectivity index (χ1n) is 9.10. The fraction of sp³-hybridized carbons (Fsp3) is 0.368. The van der Waals surface area contributed by atoms with Crippen molar-refractivity contribution >= 4 is 41.5 Å². The van der Waals surface area contributed by atoms with Gasteiger partial charge in [0.15, 0.2) is 11.7 Å². The average molecular weight is 535 g/mol. The molecule has 0 radical (unpaired) electrons. The van der Waals surface area contributed by atoms with Crippen molar-refractivity contribution in [1.82, 2.24) is 10.6 Å². The summed E-state index contributed by atoms with van der Waals surface area (Å²) < 4.78 is 35.2. The summed E-state index contributed by atoms with van der Waals surface area (Å²) in [6.45, 7) is -1.24. The lowest BCUT2D eigenvalue weighted by molar-refractivity contribution is -0.0495. The number of guanidine groups is 1. The molecule has 1 atom stereocenters. The van der Waals surface area contributed by atoms with Crippen molar-refractivity contribution in [3.05, 3.63) is 47.9 Å². The summed E-state index contributed by atoms with van der Waals surface area (Å²) in [5.41, 5.74) is 5.81. The van der Waals surface area contributed by atoms with E-state index in [0.29, 0.717) is 37.0 Å². The number of hydrogen-bond donors (Lipinski definition) is 3. The fourth-order valence-corrected chi connectivity index (χ4v) is 3.18. The smallest absolute Gasteiger partial charge is 0.387 e. The second-order valence-electron chi connectivity index (χ2n) is 6.48. The highest BCUT2D eigenvalue weighted by atomic mass is 127. The lowest BCUT2D eigenvalue weighted by atomic mass is 10.2. The van der Waals surface area contributed by atoms with Gasteiger partial charge in [0.05, 0.1) is 12.2 Å². The van der Waals surface area contributed by atoms with Crippen molar-refractivity contribution in [2.24, 2.45) is 10.7 Å². The molecular weight excluding hydrogens is 511 g/mol. The third-order valence-corrected chi connectivity index (χ3v) is 4.51. The molecule has 0 spiro atoms. The van der Waals surface area contributed by atoms with Crippen LogP contribution in [-0.2, 0) is 6.54 Å². The predicted molar refractivity (Wildman–Crippen MR) is 120 cm³/mol. The Morgan fingerprint density at radius 3 is 2.80 bits per heavy atom. The number of furan rings is 1. The van der Waals surface area contributed by atoms with Gasteiger partial charge in [-0.25, -0.2) is 0 Å². The minimum atomic E-state index is -2.87. The zero-order chi connectivity index (χ0) is 20.8. The summed E-state index contributed by atoms with van der Waals surface area (Å²) in [6, 6.07) is 10.0. The molecule has 30 heavy (non-hydrogen) atoms. The van der Waals surface area contributed by atoms with Crippen LogP contribution in [0.25, 0.3) is 0 Å². The average Bonchev–Trinajstić information content (AvgIpc) is 3.35. The summed E-state index contributed by atoms with van der Waals surface area (Å²) in [7, 11) is 1.64. The summed E-state index contributed by atoms with van der Waals surface area (Å²) in [5, 5.41) is 6.41. The van der Waals surface area contributed by atoms with E-state index in [4.69, 9.17) is 10.2 Å². The highest BCUT2D eigenvalue weighted by molar-refractivity contribution is 14.0. The van der Waals surface area contributed by atoms with Gasteiger partial charge in [-0.15, -0.1) is 24.0 Å². The van der Waals surface area contributed by atoms with E-state index in [1.54, 1.807) is 31.3 Å². The Morgan fingerprint density at radius 1 is 1.37 bits per heavy atom. The molecule has 1 aliphatic rings. The quantitative estimate of drug-likeness (QED) is 0.286. The number of aliphatic imine (C=N–C) groups is 1. The van der Waals surface area contributed by atoms with Gasteiger partial charge in [-0.3, -0.25) is 9.79 Å². The molecule has 3 rings (SSSR count). The largest absolute Gasteiger partial charge is 0.454 e. The third-order valence-electron chi connectivity index (χ3n) is 4.51. The molecule has 1 aromatic heterocycles. The molecule has 0 bridgehead atoms. The lowest BCUT2D eigenvalue weighted by Crippen LogP contribution is -2.44. The summed E-state index contributed by atoms with van der Waals surface area (Å²) in [6.07, 6.45) is 0.802. The van der Waals surface area contributed by atoms with Crippen LogP contribution in [0.15, 0.2) is 45.8 Å². The number of alkyl halides is 2. The van der Waals surface area contributed by atoms with Crippen LogP contribution >= 0.6 is 24.0 Å². The number of ether oxygens (including phenoxy) is 1. The van der Waals surface area contributed by atoms with Crippen molar-refractivity contribution in [1.29, 1.82) is 0 Å². The van der Waals surface area contributed by atoms with E-state index < -0.39 is 12.5 Å². The molecule has 0 saturated carbocycles. The zero-order valence-corrected chi connectivity index (χ0v) is 18.6. The van der Waals surface area contributed by atoms with Crippen molar-refractivity contribution in [3.8, 4) is 5.75 Å². The highest BCUT2D eigenvalue weighted by Gasteiger charge is 2.26. The number of nitrogens with two attached hydrogens (primary N) is 1. The minimum Gasteiger partial charge on any atom is -0.454 e. The van der Waals surface area contributed by atoms with Crippen LogP contribution in [0.3, 0.4) is 0 Å². The van der Waals surface area contributed by atoms with Gasteiger partial charge in [-0.2, -0.15) is 8.78 Å². The van der Waals surface area contributed by atoms with Gasteiger partial charge in [0.25, 0.3) is 5.91 Å². The van der Waals surface area contributed by atoms with Gasteiger partial charge in [0, 0.05) is 26.2 Å². The maximum atomic E-state index is 12.6. The van der Waals surface area contributed by atoms with E-state index in [0.717, 1.165) is 6.42 Å². The molecule has 2 heterocycles. The van der Waals surface area contributed by atoms with Crippen molar-refractivity contribution in [3.63, 3.8) is 0 Å². The monoisotopic (exact) mass is 535 g/mol. The number of primary amides is 1. The van der Waals surface area contributed by atoms with Crippen LogP contribution in [0, 0.1) is 0 Å². The molecule has 11 heteroatoms. The van der Waals surface area contributed by atoms with E-state index in [2.05, 4.69) is 20.4 Å². The summed E-state index contributed by atoms with van der Waals surface area (Å²) in [5.74, 6) is 0.745. The first-order chi connectivity index (χ1) is 14.0. The number of rotatable bonds is 7. The van der Waals surface area contributed by atoms with Crippen LogP contribution in [0.5, 0.6) is 5.75 Å². The van der Waals surface area contributed by atoms with Crippen molar-refractivity contribution in [2.75, 3.05) is 25.0 Å². The zero-order valence-electron chi connectivity index (χ0n) is 16.3. The van der Waals surface area contributed by atoms with E-state index in [1.807, 2.05) is 4.90 Å². The third kappa shape index (κ3) is 6.21. The summed E-state index contributed by atoms with van der Waals surface area (Å²) in [4.78, 5) is 17.3. The van der Waals surface area contributed by atoms with Gasteiger partial charge < -0.3 is 30.4 Å². The highest BCUT2D eigenvalue weighted by Crippen LogP contribution is 2.31. The molecule has 1 aromatic carbocycles. The van der Waals surface area contributed by atoms with Crippen LogP contribution in [0.4, 0.5) is 14.5 Å². The Hall–Kier alpha value is -2.57. The number of benzene rings is 1. The Bertz CT molecular complexity index is 877. The van der Waals surface area contributed by atoms with E-state index in [9.17, 15) is 13.6 Å². The van der Waals surface area contributed by atoms with Crippen LogP contribution < -0.4 is 26.0 Å². The van der Waals surface area contributed by atoms with Gasteiger partial charge in [0.1, 0.15) is 11.5 Å². The lowest BCUT2D eigenvalue weighted by Gasteiger charge is -2.22. The Labute approximate surface area is 189 Å². The van der Waals surface area contributed by atoms with Crippen molar-refractivity contribution in [2.45, 2.75) is 25.6 Å². The van der Waals surface area contributed by atoms with Gasteiger partial charge in [-0.1, -0.05) is 12.1 Å². The first-order valence-corrected chi connectivity index (χ1v) is 9.10. The molecule has 1 unspecified atom stereocenters. The number of halogens is 3. The number of para-hydroxylation sites is 2. The van der Waals surface area contributed by atoms with Crippen LogP contribution in [0.1, 0.15) is 22.7 Å². The Kier molecular flexibility index (Phi) is 8.69. The molecular formula is C19H24F2IN5O3. The van der Waals surface area contributed by atoms with E-state index >= 15 is 0 Å². The van der Waals surface area contributed by atoms with Crippen LogP contribution in [0.2, 0.25) is 0 Å². The number of amides is 1. The first kappa shape index (κ1) is 23.7. The number of carbonyl (C=O) groups excluding carboxylic acids is 1. The normalized spacial score (nSPS) is 16.3. The molecule has 1 fully saturated rings. The number of nitrogens with zero attached hydrogens (tertiary/aromatic N) is 2. The van der Waals surface area contributed by atoms with Gasteiger partial charge >= 0.3 is 6.61 Å². The second-order valence-corrected chi connectivity index (χ2v) is 6.48. The maximum Gasteiger partial charge on any atom is 0.387 e. The molecule has 1 amide bonds. The van der Waals surface area contributed by atoms with Crippen molar-refractivity contribution < 1.29 is 22.7 Å². The number of carbonyl (C=O) groups is 1. The Morgan fingerprint density at radius 2 is 2.13 bits per heavy atom. The van der Waals surface area contributed by atoms with Gasteiger partial charge in [0.2, 0.25) is 0 Å². The van der Waals surface area contributed by atoms with E-state index in [-0.39, 0.29) is 41.5 Å². The molecule has 1 saturated heterocycles. The molecule has 2 aromatic rings. The second kappa shape index (κ2) is 11.0.